The highest BCUT2D eigenvalue weighted by molar-refractivity contribution is 5.98. The molecule has 2 heterocycles. The molecule has 0 atom stereocenters. The highest BCUT2D eigenvalue weighted by Crippen LogP contribution is 2.23. The van der Waals surface area contributed by atoms with Gasteiger partial charge in [-0.25, -0.2) is 9.37 Å². The predicted molar refractivity (Wildman–Crippen MR) is 116 cm³/mol. The fourth-order valence-electron chi connectivity index (χ4n) is 3.63. The number of carbonyl (C=O) groups excluding carboxylic acids is 1. The monoisotopic (exact) mass is 402 g/mol. The number of fused-ring (bicyclic) bond motifs is 1. The summed E-state index contributed by atoms with van der Waals surface area (Å²) >= 11 is 0. The van der Waals surface area contributed by atoms with Crippen LogP contribution in [0.25, 0.3) is 22.2 Å². The van der Waals surface area contributed by atoms with E-state index in [-0.39, 0.29) is 17.8 Å². The normalized spacial score (nSPS) is 11.2. The molecule has 0 bridgehead atoms. The zero-order valence-corrected chi connectivity index (χ0v) is 17.0. The van der Waals surface area contributed by atoms with Gasteiger partial charge in [0.1, 0.15) is 11.5 Å². The van der Waals surface area contributed by atoms with E-state index in [0.29, 0.717) is 24.4 Å². The summed E-state index contributed by atoms with van der Waals surface area (Å²) in [5, 5.41) is 0.843. The molecule has 0 radical (unpaired) electrons. The van der Waals surface area contributed by atoms with Crippen molar-refractivity contribution in [2.75, 3.05) is 6.54 Å². The Morgan fingerprint density at radius 3 is 2.63 bits per heavy atom. The van der Waals surface area contributed by atoms with Crippen LogP contribution in [0, 0.1) is 5.82 Å². The highest BCUT2D eigenvalue weighted by Gasteiger charge is 2.24. The second kappa shape index (κ2) is 8.45. The maximum atomic E-state index is 13.7. The fourth-order valence-corrected chi connectivity index (χ4v) is 3.63. The van der Waals surface area contributed by atoms with Crippen molar-refractivity contribution in [3.63, 3.8) is 0 Å². The van der Waals surface area contributed by atoms with Crippen LogP contribution >= 0.6 is 0 Å². The second-order valence-corrected chi connectivity index (χ2v) is 7.47. The molecular formula is C24H23FN4O. The van der Waals surface area contributed by atoms with E-state index in [0.717, 1.165) is 22.0 Å². The average molecular weight is 402 g/mol. The Hall–Kier alpha value is -3.54. The third kappa shape index (κ3) is 3.94. The number of nitrogens with one attached hydrogen (secondary N) is 1. The molecule has 0 aliphatic heterocycles. The number of hydrogen-bond acceptors (Lipinski definition) is 3. The number of amides is 1. The molecule has 0 spiro atoms. The third-order valence-electron chi connectivity index (χ3n) is 5.18. The van der Waals surface area contributed by atoms with Crippen LogP contribution in [0.5, 0.6) is 0 Å². The molecular weight excluding hydrogens is 379 g/mol. The summed E-state index contributed by atoms with van der Waals surface area (Å²) in [5.74, 6) is -0.435. The summed E-state index contributed by atoms with van der Waals surface area (Å²) in [6.07, 6.45) is 5.62. The quantitative estimate of drug-likeness (QED) is 0.501. The number of aromatic amines is 1. The fraction of sp³-hybridized carbons (Fsp3) is 0.208. The minimum Gasteiger partial charge on any atom is -0.361 e. The van der Waals surface area contributed by atoms with Crippen LogP contribution in [0.4, 0.5) is 4.39 Å². The number of hydrogen-bond donors (Lipinski definition) is 1. The molecule has 2 aromatic carbocycles. The van der Waals surface area contributed by atoms with E-state index in [2.05, 4.69) is 15.0 Å². The predicted octanol–water partition coefficient (Wildman–Crippen LogP) is 4.86. The first-order chi connectivity index (χ1) is 14.5. The summed E-state index contributed by atoms with van der Waals surface area (Å²) < 4.78 is 13.7. The van der Waals surface area contributed by atoms with Gasteiger partial charge in [-0.05, 0) is 44.0 Å². The van der Waals surface area contributed by atoms with Crippen molar-refractivity contribution < 1.29 is 9.18 Å². The van der Waals surface area contributed by atoms with Gasteiger partial charge in [0.25, 0.3) is 5.91 Å². The molecule has 4 aromatic rings. The number of aromatic nitrogens is 3. The molecule has 0 unspecified atom stereocenters. The van der Waals surface area contributed by atoms with Crippen LogP contribution in [0.15, 0.2) is 67.1 Å². The maximum Gasteiger partial charge on any atom is 0.274 e. The van der Waals surface area contributed by atoms with Crippen LogP contribution in [0.2, 0.25) is 0 Å². The van der Waals surface area contributed by atoms with Gasteiger partial charge in [-0.15, -0.1) is 0 Å². The Labute approximate surface area is 174 Å². The van der Waals surface area contributed by atoms with Crippen molar-refractivity contribution in [3.05, 3.63) is 84.2 Å². The number of carbonyl (C=O) groups is 1. The molecule has 0 aliphatic rings. The largest absolute Gasteiger partial charge is 0.361 e. The van der Waals surface area contributed by atoms with E-state index in [1.165, 1.54) is 12.1 Å². The van der Waals surface area contributed by atoms with Crippen LogP contribution in [-0.4, -0.2) is 38.3 Å². The van der Waals surface area contributed by atoms with Crippen molar-refractivity contribution in [1.29, 1.82) is 0 Å². The van der Waals surface area contributed by atoms with E-state index in [1.807, 2.05) is 50.4 Å². The number of benzene rings is 2. The zero-order chi connectivity index (χ0) is 21.1. The first-order valence-corrected chi connectivity index (χ1v) is 9.97. The van der Waals surface area contributed by atoms with Crippen LogP contribution in [-0.2, 0) is 6.42 Å². The van der Waals surface area contributed by atoms with E-state index in [9.17, 15) is 9.18 Å². The summed E-state index contributed by atoms with van der Waals surface area (Å²) in [6, 6.07) is 14.2. The van der Waals surface area contributed by atoms with Crippen molar-refractivity contribution in [2.24, 2.45) is 0 Å². The van der Waals surface area contributed by atoms with Crippen LogP contribution in [0.3, 0.4) is 0 Å². The molecule has 5 nitrogen and oxygen atoms in total. The van der Waals surface area contributed by atoms with Gasteiger partial charge in [-0.1, -0.05) is 30.3 Å². The molecule has 6 heteroatoms. The Bertz CT molecular complexity index is 1170. The molecule has 2 aromatic heterocycles. The molecule has 30 heavy (non-hydrogen) atoms. The molecule has 1 amide bonds. The summed E-state index contributed by atoms with van der Waals surface area (Å²) in [7, 11) is 0. The first-order valence-electron chi connectivity index (χ1n) is 9.97. The van der Waals surface area contributed by atoms with E-state index in [4.69, 9.17) is 0 Å². The van der Waals surface area contributed by atoms with Gasteiger partial charge in [-0.3, -0.25) is 9.78 Å². The smallest absolute Gasteiger partial charge is 0.274 e. The zero-order valence-electron chi connectivity index (χ0n) is 17.0. The van der Waals surface area contributed by atoms with Crippen LogP contribution < -0.4 is 0 Å². The molecule has 1 N–H and O–H groups in total. The minimum atomic E-state index is -0.271. The number of halogens is 1. The van der Waals surface area contributed by atoms with Gasteiger partial charge in [0.05, 0.1) is 0 Å². The number of H-pyrrole nitrogens is 1. The maximum absolute atomic E-state index is 13.7. The van der Waals surface area contributed by atoms with Gasteiger partial charge in [0, 0.05) is 47.6 Å². The number of rotatable bonds is 6. The SMILES string of the molecule is CC(C)N(CCc1c[nH]c2ccc(F)cc12)C(=O)c1nccnc1-c1ccccc1. The molecule has 152 valence electrons. The third-order valence-corrected chi connectivity index (χ3v) is 5.18. The molecule has 0 aliphatic carbocycles. The molecule has 0 saturated heterocycles. The highest BCUT2D eigenvalue weighted by atomic mass is 19.1. The Morgan fingerprint density at radius 1 is 1.10 bits per heavy atom. The Balaban J connectivity index is 1.61. The van der Waals surface area contributed by atoms with Crippen molar-refractivity contribution in [3.8, 4) is 11.3 Å². The van der Waals surface area contributed by atoms with Gasteiger partial charge in [0.2, 0.25) is 0 Å². The molecule has 0 fully saturated rings. The van der Waals surface area contributed by atoms with Crippen LogP contribution in [0.1, 0.15) is 29.9 Å². The topological polar surface area (TPSA) is 61.9 Å². The van der Waals surface area contributed by atoms with E-state index >= 15 is 0 Å². The van der Waals surface area contributed by atoms with E-state index in [1.54, 1.807) is 23.4 Å². The van der Waals surface area contributed by atoms with Crippen molar-refractivity contribution in [2.45, 2.75) is 26.3 Å². The number of nitrogens with zero attached hydrogens (tertiary/aromatic N) is 3. The van der Waals surface area contributed by atoms with Gasteiger partial charge in [-0.2, -0.15) is 0 Å². The lowest BCUT2D eigenvalue weighted by molar-refractivity contribution is 0.0702. The standard InChI is InChI=1S/C24H23FN4O/c1-16(2)29(13-10-18-15-28-21-9-8-19(25)14-20(18)21)24(30)23-22(26-11-12-27-23)17-6-4-3-5-7-17/h3-9,11-12,14-16,28H,10,13H2,1-2H3. The van der Waals surface area contributed by atoms with Crippen molar-refractivity contribution in [1.82, 2.24) is 19.9 Å². The summed E-state index contributed by atoms with van der Waals surface area (Å²) in [4.78, 5) is 27.1. The lowest BCUT2D eigenvalue weighted by Gasteiger charge is -2.27. The lowest BCUT2D eigenvalue weighted by atomic mass is 10.1. The summed E-state index contributed by atoms with van der Waals surface area (Å²) in [5.41, 5.74) is 3.62. The van der Waals surface area contributed by atoms with Crippen molar-refractivity contribution >= 4 is 16.8 Å². The Morgan fingerprint density at radius 2 is 1.87 bits per heavy atom. The average Bonchev–Trinajstić information content (AvgIpc) is 3.16. The summed E-state index contributed by atoms with van der Waals surface area (Å²) in [6.45, 7) is 4.45. The van der Waals surface area contributed by atoms with Gasteiger partial charge >= 0.3 is 0 Å². The first kappa shape index (κ1) is 19.8. The van der Waals surface area contributed by atoms with E-state index < -0.39 is 0 Å². The lowest BCUT2D eigenvalue weighted by Crippen LogP contribution is -2.39. The van der Waals surface area contributed by atoms with Gasteiger partial charge < -0.3 is 9.88 Å². The second-order valence-electron chi connectivity index (χ2n) is 7.47. The Kier molecular flexibility index (Phi) is 5.57. The molecule has 4 rings (SSSR count). The molecule has 0 saturated carbocycles. The van der Waals surface area contributed by atoms with Gasteiger partial charge in [0.15, 0.2) is 5.69 Å². The minimum absolute atomic E-state index is 0.0231.